The summed E-state index contributed by atoms with van der Waals surface area (Å²) in [7, 11) is 0. The van der Waals surface area contributed by atoms with Gasteiger partial charge in [-0.2, -0.15) is 0 Å². The Kier molecular flexibility index (Phi) is 6.55. The highest BCUT2D eigenvalue weighted by molar-refractivity contribution is 7.99. The molecule has 1 aromatic carbocycles. The van der Waals surface area contributed by atoms with Crippen molar-refractivity contribution < 1.29 is 9.53 Å². The van der Waals surface area contributed by atoms with Gasteiger partial charge < -0.3 is 4.74 Å². The standard InChI is InChI=1S/C16H15Cl2NO2S/c1-11(22-10-12-5-3-2-4-6-12)16(20)21-9-14-13(17)7-8-15(18)19-14/h2-8,11H,9-10H2,1H3. The van der Waals surface area contributed by atoms with Gasteiger partial charge in [0.15, 0.2) is 0 Å². The second-order valence-electron chi connectivity index (χ2n) is 4.61. The van der Waals surface area contributed by atoms with E-state index in [9.17, 15) is 4.79 Å². The van der Waals surface area contributed by atoms with E-state index < -0.39 is 0 Å². The Morgan fingerprint density at radius 1 is 1.23 bits per heavy atom. The third-order valence-electron chi connectivity index (χ3n) is 2.91. The number of ether oxygens (including phenoxy) is 1. The summed E-state index contributed by atoms with van der Waals surface area (Å²) >= 11 is 13.3. The predicted octanol–water partition coefficient (Wildman–Crippen LogP) is 4.75. The molecule has 0 radical (unpaired) electrons. The average Bonchev–Trinajstić information content (AvgIpc) is 2.54. The number of hydrogen-bond acceptors (Lipinski definition) is 4. The number of hydrogen-bond donors (Lipinski definition) is 0. The SMILES string of the molecule is CC(SCc1ccccc1)C(=O)OCc1nc(Cl)ccc1Cl. The summed E-state index contributed by atoms with van der Waals surface area (Å²) in [5.41, 5.74) is 1.63. The van der Waals surface area contributed by atoms with Crippen LogP contribution in [0.4, 0.5) is 0 Å². The summed E-state index contributed by atoms with van der Waals surface area (Å²) in [5.74, 6) is 0.464. The Hall–Kier alpha value is -1.23. The number of benzene rings is 1. The lowest BCUT2D eigenvalue weighted by Crippen LogP contribution is -2.17. The number of nitrogens with zero attached hydrogens (tertiary/aromatic N) is 1. The molecule has 0 aliphatic rings. The molecular formula is C16H15Cl2NO2S. The zero-order chi connectivity index (χ0) is 15.9. The zero-order valence-corrected chi connectivity index (χ0v) is 14.3. The van der Waals surface area contributed by atoms with Crippen LogP contribution < -0.4 is 0 Å². The van der Waals surface area contributed by atoms with Crippen LogP contribution in [-0.2, 0) is 21.9 Å². The molecule has 1 aromatic heterocycles. The van der Waals surface area contributed by atoms with Crippen molar-refractivity contribution in [3.8, 4) is 0 Å². The molecule has 0 aliphatic heterocycles. The lowest BCUT2D eigenvalue weighted by molar-refractivity contribution is -0.144. The van der Waals surface area contributed by atoms with Crippen LogP contribution in [0.15, 0.2) is 42.5 Å². The van der Waals surface area contributed by atoms with Gasteiger partial charge >= 0.3 is 5.97 Å². The van der Waals surface area contributed by atoms with Crippen LogP contribution in [0.25, 0.3) is 0 Å². The Labute approximate surface area is 144 Å². The summed E-state index contributed by atoms with van der Waals surface area (Å²) in [4.78, 5) is 16.0. The smallest absolute Gasteiger partial charge is 0.319 e. The number of pyridine rings is 1. The van der Waals surface area contributed by atoms with E-state index in [4.69, 9.17) is 27.9 Å². The number of aromatic nitrogens is 1. The van der Waals surface area contributed by atoms with Crippen molar-refractivity contribution >= 4 is 40.9 Å². The number of halogens is 2. The maximum Gasteiger partial charge on any atom is 0.319 e. The Morgan fingerprint density at radius 3 is 2.68 bits per heavy atom. The van der Waals surface area contributed by atoms with E-state index in [0.717, 1.165) is 5.75 Å². The molecule has 0 fully saturated rings. The van der Waals surface area contributed by atoms with Crippen molar-refractivity contribution in [2.75, 3.05) is 0 Å². The molecule has 1 heterocycles. The largest absolute Gasteiger partial charge is 0.458 e. The third kappa shape index (κ3) is 5.20. The normalized spacial score (nSPS) is 12.0. The quantitative estimate of drug-likeness (QED) is 0.553. The summed E-state index contributed by atoms with van der Waals surface area (Å²) in [6.45, 7) is 1.84. The number of carbonyl (C=O) groups is 1. The second-order valence-corrected chi connectivity index (χ2v) is 6.73. The Bertz CT molecular complexity index is 637. The molecular weight excluding hydrogens is 341 g/mol. The van der Waals surface area contributed by atoms with Gasteiger partial charge in [0.1, 0.15) is 11.8 Å². The molecule has 0 spiro atoms. The molecule has 3 nitrogen and oxygen atoms in total. The van der Waals surface area contributed by atoms with E-state index >= 15 is 0 Å². The molecule has 2 aromatic rings. The molecule has 116 valence electrons. The number of rotatable bonds is 6. The lowest BCUT2D eigenvalue weighted by atomic mass is 10.2. The van der Waals surface area contributed by atoms with Crippen LogP contribution in [0.2, 0.25) is 10.2 Å². The minimum atomic E-state index is -0.293. The van der Waals surface area contributed by atoms with Gasteiger partial charge in [-0.3, -0.25) is 4.79 Å². The van der Waals surface area contributed by atoms with E-state index in [2.05, 4.69) is 4.98 Å². The Balaban J connectivity index is 1.82. The summed E-state index contributed by atoms with van der Waals surface area (Å²) in [6, 6.07) is 13.2. The van der Waals surface area contributed by atoms with Crippen molar-refractivity contribution in [3.05, 3.63) is 63.9 Å². The van der Waals surface area contributed by atoms with Crippen molar-refractivity contribution in [1.82, 2.24) is 4.98 Å². The molecule has 1 unspecified atom stereocenters. The fourth-order valence-corrected chi connectivity index (χ4v) is 2.84. The number of esters is 1. The van der Waals surface area contributed by atoms with E-state index in [1.807, 2.05) is 37.3 Å². The number of carbonyl (C=O) groups excluding carboxylic acids is 1. The van der Waals surface area contributed by atoms with Crippen molar-refractivity contribution in [2.24, 2.45) is 0 Å². The molecule has 22 heavy (non-hydrogen) atoms. The van der Waals surface area contributed by atoms with Crippen LogP contribution in [0.5, 0.6) is 0 Å². The maximum atomic E-state index is 12.0. The summed E-state index contributed by atoms with van der Waals surface area (Å²) in [5, 5.41) is 0.488. The molecule has 1 atom stereocenters. The molecule has 0 N–H and O–H groups in total. The molecule has 0 aliphatic carbocycles. The van der Waals surface area contributed by atoms with Gasteiger partial charge in [-0.25, -0.2) is 4.98 Å². The van der Waals surface area contributed by atoms with Gasteiger partial charge in [0.25, 0.3) is 0 Å². The highest BCUT2D eigenvalue weighted by Gasteiger charge is 2.16. The fourth-order valence-electron chi connectivity index (χ4n) is 1.68. The number of thioether (sulfide) groups is 1. The first-order valence-electron chi connectivity index (χ1n) is 6.69. The lowest BCUT2D eigenvalue weighted by Gasteiger charge is -2.11. The average molecular weight is 356 g/mol. The van der Waals surface area contributed by atoms with E-state index in [-0.39, 0.29) is 17.8 Å². The molecule has 6 heteroatoms. The van der Waals surface area contributed by atoms with Crippen LogP contribution >= 0.6 is 35.0 Å². The minimum absolute atomic E-state index is 0.0223. The first-order chi connectivity index (χ1) is 10.6. The highest BCUT2D eigenvalue weighted by Crippen LogP contribution is 2.21. The highest BCUT2D eigenvalue weighted by atomic mass is 35.5. The fraction of sp³-hybridized carbons (Fsp3) is 0.250. The first-order valence-corrected chi connectivity index (χ1v) is 8.50. The topological polar surface area (TPSA) is 39.2 Å². The molecule has 0 saturated carbocycles. The van der Waals surface area contributed by atoms with E-state index in [1.54, 1.807) is 12.1 Å². The third-order valence-corrected chi connectivity index (χ3v) is 4.66. The molecule has 2 rings (SSSR count). The van der Waals surface area contributed by atoms with Crippen LogP contribution in [0, 0.1) is 0 Å². The maximum absolute atomic E-state index is 12.0. The van der Waals surface area contributed by atoms with Crippen molar-refractivity contribution in [1.29, 1.82) is 0 Å². The van der Waals surface area contributed by atoms with Crippen molar-refractivity contribution in [2.45, 2.75) is 24.5 Å². The molecule has 0 amide bonds. The van der Waals surface area contributed by atoms with Crippen LogP contribution in [-0.4, -0.2) is 16.2 Å². The van der Waals surface area contributed by atoms with Gasteiger partial charge in [-0.15, -0.1) is 11.8 Å². The molecule has 0 saturated heterocycles. The monoisotopic (exact) mass is 355 g/mol. The zero-order valence-electron chi connectivity index (χ0n) is 12.0. The van der Waals surface area contributed by atoms with Gasteiger partial charge in [0.05, 0.1) is 16.0 Å². The van der Waals surface area contributed by atoms with Crippen LogP contribution in [0.3, 0.4) is 0 Å². The van der Waals surface area contributed by atoms with Crippen molar-refractivity contribution in [3.63, 3.8) is 0 Å². The second kappa shape index (κ2) is 8.42. The first kappa shape index (κ1) is 17.1. The van der Waals surface area contributed by atoms with Gasteiger partial charge in [-0.1, -0.05) is 53.5 Å². The summed E-state index contributed by atoms with van der Waals surface area (Å²) < 4.78 is 5.25. The van der Waals surface area contributed by atoms with E-state index in [1.165, 1.54) is 17.3 Å². The van der Waals surface area contributed by atoms with Crippen LogP contribution in [0.1, 0.15) is 18.2 Å². The van der Waals surface area contributed by atoms with Gasteiger partial charge in [-0.05, 0) is 24.6 Å². The Morgan fingerprint density at radius 2 is 1.95 bits per heavy atom. The summed E-state index contributed by atoms with van der Waals surface area (Å²) in [6.07, 6.45) is 0. The van der Waals surface area contributed by atoms with Gasteiger partial charge in [0.2, 0.25) is 0 Å². The molecule has 0 bridgehead atoms. The predicted molar refractivity (Wildman–Crippen MR) is 91.3 cm³/mol. The van der Waals surface area contributed by atoms with Gasteiger partial charge in [0, 0.05) is 5.75 Å². The minimum Gasteiger partial charge on any atom is -0.458 e. The van der Waals surface area contributed by atoms with E-state index in [0.29, 0.717) is 15.9 Å².